The number of nitrogens with one attached hydrogen (secondary N) is 1. The van der Waals surface area contributed by atoms with Gasteiger partial charge in [0.05, 0.1) is 28.8 Å². The fraction of sp³-hybridized carbons (Fsp3) is 0.579. The summed E-state index contributed by atoms with van der Waals surface area (Å²) in [5.74, 6) is -0.535. The maximum Gasteiger partial charge on any atom is 0.297 e. The van der Waals surface area contributed by atoms with Crippen LogP contribution in [0.15, 0.2) is 12.1 Å². The van der Waals surface area contributed by atoms with Crippen molar-refractivity contribution in [3.8, 4) is 6.01 Å². The summed E-state index contributed by atoms with van der Waals surface area (Å²) < 4.78 is 27.4. The molecule has 0 spiro atoms. The number of hydrogen-bond acceptors (Lipinski definition) is 4. The lowest BCUT2D eigenvalue weighted by Gasteiger charge is -2.29. The van der Waals surface area contributed by atoms with E-state index >= 15 is 0 Å². The minimum Gasteiger partial charge on any atom is -0.461 e. The van der Waals surface area contributed by atoms with Crippen LogP contribution in [0.2, 0.25) is 5.02 Å². The van der Waals surface area contributed by atoms with Gasteiger partial charge in [-0.05, 0) is 38.7 Å². The molecule has 1 aromatic heterocycles. The standard InChI is InChI=1S/C19H25ClFN3O3/c1-11(22-12(2)25)10-26-13-4-6-14(7-5-13)27-19-23-17-9-16(21)15(20)8-18(17)24(19)3/h8-9,11,13-14H,4-7,10H2,1-3H3,(H,22,25)/t11-,13-,14-/m0/s1. The van der Waals surface area contributed by atoms with E-state index in [1.54, 1.807) is 10.6 Å². The molecule has 1 aliphatic carbocycles. The molecule has 1 aromatic carbocycles. The Morgan fingerprint density at radius 2 is 2.04 bits per heavy atom. The third-order valence-electron chi connectivity index (χ3n) is 4.81. The van der Waals surface area contributed by atoms with E-state index in [0.29, 0.717) is 18.1 Å². The van der Waals surface area contributed by atoms with Crippen LogP contribution in [-0.2, 0) is 16.6 Å². The molecule has 27 heavy (non-hydrogen) atoms. The maximum absolute atomic E-state index is 13.6. The molecule has 0 bridgehead atoms. The van der Waals surface area contributed by atoms with E-state index in [2.05, 4.69) is 10.3 Å². The molecule has 1 amide bonds. The molecule has 3 rings (SSSR count). The Kier molecular flexibility index (Phi) is 6.22. The van der Waals surface area contributed by atoms with Crippen LogP contribution in [0, 0.1) is 5.82 Å². The SMILES string of the molecule is CC(=O)N[C@@H](C)CO[C@H]1CC[C@H](Oc2nc3cc(F)c(Cl)cc3n2C)CC1. The Bertz CT molecular complexity index is 818. The highest BCUT2D eigenvalue weighted by Crippen LogP contribution is 2.29. The molecular formula is C19H25ClFN3O3. The monoisotopic (exact) mass is 397 g/mol. The largest absolute Gasteiger partial charge is 0.461 e. The molecule has 1 aliphatic rings. The van der Waals surface area contributed by atoms with Gasteiger partial charge < -0.3 is 14.8 Å². The van der Waals surface area contributed by atoms with Crippen molar-refractivity contribution in [2.24, 2.45) is 7.05 Å². The Morgan fingerprint density at radius 3 is 2.70 bits per heavy atom. The van der Waals surface area contributed by atoms with Crippen molar-refractivity contribution in [2.75, 3.05) is 6.61 Å². The summed E-state index contributed by atoms with van der Waals surface area (Å²) in [6.45, 7) is 3.94. The van der Waals surface area contributed by atoms with Crippen molar-refractivity contribution in [2.45, 2.75) is 57.8 Å². The Hall–Kier alpha value is -1.86. The van der Waals surface area contributed by atoms with Crippen LogP contribution >= 0.6 is 11.6 Å². The summed E-state index contributed by atoms with van der Waals surface area (Å²) in [6.07, 6.45) is 3.72. The maximum atomic E-state index is 13.6. The van der Waals surface area contributed by atoms with Gasteiger partial charge in [0.2, 0.25) is 5.91 Å². The molecule has 148 valence electrons. The lowest BCUT2D eigenvalue weighted by molar-refractivity contribution is -0.120. The predicted octanol–water partition coefficient (Wildman–Crippen LogP) is 3.60. The molecule has 0 radical (unpaired) electrons. The minimum absolute atomic E-state index is 0.00342. The van der Waals surface area contributed by atoms with Crippen LogP contribution < -0.4 is 10.1 Å². The zero-order valence-corrected chi connectivity index (χ0v) is 16.6. The van der Waals surface area contributed by atoms with E-state index in [-0.39, 0.29) is 29.2 Å². The fourth-order valence-electron chi connectivity index (χ4n) is 3.41. The van der Waals surface area contributed by atoms with E-state index in [1.807, 2.05) is 14.0 Å². The highest BCUT2D eigenvalue weighted by atomic mass is 35.5. The van der Waals surface area contributed by atoms with Gasteiger partial charge in [-0.25, -0.2) is 4.39 Å². The van der Waals surface area contributed by atoms with Crippen molar-refractivity contribution in [1.29, 1.82) is 0 Å². The number of halogens is 2. The van der Waals surface area contributed by atoms with E-state index in [4.69, 9.17) is 21.1 Å². The normalized spacial score (nSPS) is 21.2. The molecule has 2 aromatic rings. The summed E-state index contributed by atoms with van der Waals surface area (Å²) in [6, 6.07) is 3.36. The number of aromatic nitrogens is 2. The molecule has 8 heteroatoms. The fourth-order valence-corrected chi connectivity index (χ4v) is 3.56. The summed E-state index contributed by atoms with van der Waals surface area (Å²) in [5, 5.41) is 2.89. The van der Waals surface area contributed by atoms with Crippen molar-refractivity contribution in [3.63, 3.8) is 0 Å². The van der Waals surface area contributed by atoms with Crippen LogP contribution in [0.1, 0.15) is 39.5 Å². The van der Waals surface area contributed by atoms with Gasteiger partial charge in [-0.3, -0.25) is 9.36 Å². The van der Waals surface area contributed by atoms with Crippen molar-refractivity contribution in [3.05, 3.63) is 23.0 Å². The van der Waals surface area contributed by atoms with Gasteiger partial charge in [0.25, 0.3) is 6.01 Å². The number of carbonyl (C=O) groups excluding carboxylic acids is 1. The molecule has 1 fully saturated rings. The Balaban J connectivity index is 1.53. The molecule has 0 aliphatic heterocycles. The molecule has 1 atom stereocenters. The number of amides is 1. The van der Waals surface area contributed by atoms with Gasteiger partial charge in [0.1, 0.15) is 11.9 Å². The van der Waals surface area contributed by atoms with Crippen LogP contribution in [0.4, 0.5) is 4.39 Å². The number of carbonyl (C=O) groups is 1. The molecule has 0 unspecified atom stereocenters. The van der Waals surface area contributed by atoms with Crippen molar-refractivity contribution >= 4 is 28.5 Å². The minimum atomic E-state index is -0.486. The van der Waals surface area contributed by atoms with E-state index in [9.17, 15) is 9.18 Å². The molecule has 1 heterocycles. The summed E-state index contributed by atoms with van der Waals surface area (Å²) in [5.41, 5.74) is 1.26. The van der Waals surface area contributed by atoms with Crippen LogP contribution in [0.25, 0.3) is 11.0 Å². The second-order valence-electron chi connectivity index (χ2n) is 7.16. The zero-order valence-electron chi connectivity index (χ0n) is 15.8. The summed E-state index contributed by atoms with van der Waals surface area (Å²) in [4.78, 5) is 15.4. The number of hydrogen-bond donors (Lipinski definition) is 1. The predicted molar refractivity (Wildman–Crippen MR) is 102 cm³/mol. The van der Waals surface area contributed by atoms with Crippen molar-refractivity contribution < 1.29 is 18.7 Å². The molecule has 6 nitrogen and oxygen atoms in total. The smallest absolute Gasteiger partial charge is 0.297 e. The molecule has 1 N–H and O–H groups in total. The van der Waals surface area contributed by atoms with Crippen LogP contribution in [-0.4, -0.2) is 40.3 Å². The molecule has 1 saturated carbocycles. The lowest BCUT2D eigenvalue weighted by Crippen LogP contribution is -2.37. The second-order valence-corrected chi connectivity index (χ2v) is 7.57. The number of fused-ring (bicyclic) bond motifs is 1. The third kappa shape index (κ3) is 4.90. The quantitative estimate of drug-likeness (QED) is 0.808. The van der Waals surface area contributed by atoms with Gasteiger partial charge in [0, 0.05) is 26.1 Å². The average Bonchev–Trinajstić information content (AvgIpc) is 2.89. The Labute approximate surface area is 163 Å². The highest BCUT2D eigenvalue weighted by molar-refractivity contribution is 6.31. The number of ether oxygens (including phenoxy) is 2. The first-order valence-electron chi connectivity index (χ1n) is 9.20. The topological polar surface area (TPSA) is 65.4 Å². The van der Waals surface area contributed by atoms with Crippen LogP contribution in [0.3, 0.4) is 0 Å². The van der Waals surface area contributed by atoms with Gasteiger partial charge in [0.15, 0.2) is 0 Å². The zero-order chi connectivity index (χ0) is 19.6. The van der Waals surface area contributed by atoms with E-state index in [0.717, 1.165) is 31.2 Å². The van der Waals surface area contributed by atoms with E-state index in [1.165, 1.54) is 13.0 Å². The first kappa shape index (κ1) is 19.9. The average molecular weight is 398 g/mol. The Morgan fingerprint density at radius 1 is 1.37 bits per heavy atom. The summed E-state index contributed by atoms with van der Waals surface area (Å²) in [7, 11) is 1.83. The molecular weight excluding hydrogens is 373 g/mol. The number of imidazole rings is 1. The first-order chi connectivity index (χ1) is 12.8. The van der Waals surface area contributed by atoms with Crippen LogP contribution in [0.5, 0.6) is 6.01 Å². The second kappa shape index (κ2) is 8.44. The lowest BCUT2D eigenvalue weighted by atomic mass is 9.95. The highest BCUT2D eigenvalue weighted by Gasteiger charge is 2.25. The van der Waals surface area contributed by atoms with Gasteiger partial charge >= 0.3 is 0 Å². The van der Waals surface area contributed by atoms with Gasteiger partial charge in [-0.15, -0.1) is 0 Å². The van der Waals surface area contributed by atoms with Gasteiger partial charge in [-0.1, -0.05) is 11.6 Å². The van der Waals surface area contributed by atoms with E-state index < -0.39 is 5.82 Å². The number of rotatable bonds is 6. The third-order valence-corrected chi connectivity index (χ3v) is 5.10. The number of aryl methyl sites for hydroxylation is 1. The number of nitrogens with zero attached hydrogens (tertiary/aromatic N) is 2. The van der Waals surface area contributed by atoms with Crippen molar-refractivity contribution in [1.82, 2.24) is 14.9 Å². The first-order valence-corrected chi connectivity index (χ1v) is 9.58. The molecule has 0 saturated heterocycles. The van der Waals surface area contributed by atoms with Gasteiger partial charge in [-0.2, -0.15) is 4.98 Å². The summed E-state index contributed by atoms with van der Waals surface area (Å²) >= 11 is 5.86. The number of benzene rings is 1.